The second-order valence-electron chi connectivity index (χ2n) is 5.59. The van der Waals surface area contributed by atoms with Gasteiger partial charge in [-0.2, -0.15) is 0 Å². The Balaban J connectivity index is 1.71. The van der Waals surface area contributed by atoms with E-state index in [-0.39, 0.29) is 5.82 Å². The number of rotatable bonds is 3. The summed E-state index contributed by atoms with van der Waals surface area (Å²) in [5, 5.41) is 2.95. The van der Waals surface area contributed by atoms with E-state index in [4.69, 9.17) is 5.73 Å². The maximum atomic E-state index is 13.8. The summed E-state index contributed by atoms with van der Waals surface area (Å²) in [7, 11) is 0. The number of anilines is 5. The Morgan fingerprint density at radius 2 is 1.83 bits per heavy atom. The first-order valence-corrected chi connectivity index (χ1v) is 7.71. The topological polar surface area (TPSA) is 67.1 Å². The van der Waals surface area contributed by atoms with E-state index in [0.29, 0.717) is 23.0 Å². The van der Waals surface area contributed by atoms with Gasteiger partial charge in [-0.1, -0.05) is 30.3 Å². The van der Waals surface area contributed by atoms with Gasteiger partial charge in [-0.05, 0) is 30.2 Å². The Labute approximate surface area is 139 Å². The molecule has 3 aromatic rings. The van der Waals surface area contributed by atoms with Gasteiger partial charge in [-0.15, -0.1) is 0 Å². The van der Waals surface area contributed by atoms with Crippen LogP contribution in [-0.4, -0.2) is 16.5 Å². The van der Waals surface area contributed by atoms with Crippen molar-refractivity contribution in [2.75, 3.05) is 22.5 Å². The van der Waals surface area contributed by atoms with Gasteiger partial charge in [0.2, 0.25) is 0 Å². The molecular weight excluding hydrogens is 305 g/mol. The zero-order chi connectivity index (χ0) is 16.5. The summed E-state index contributed by atoms with van der Waals surface area (Å²) in [5.41, 5.74) is 9.36. The Bertz CT molecular complexity index is 896. The van der Waals surface area contributed by atoms with Gasteiger partial charge in [0.25, 0.3) is 0 Å². The lowest BCUT2D eigenvalue weighted by Gasteiger charge is -2.21. The lowest BCUT2D eigenvalue weighted by molar-refractivity contribution is 0.632. The molecule has 24 heavy (non-hydrogen) atoms. The third-order valence-corrected chi connectivity index (χ3v) is 4.13. The van der Waals surface area contributed by atoms with Gasteiger partial charge in [-0.25, -0.2) is 14.4 Å². The highest BCUT2D eigenvalue weighted by atomic mass is 19.1. The van der Waals surface area contributed by atoms with Gasteiger partial charge >= 0.3 is 0 Å². The Morgan fingerprint density at radius 1 is 1.04 bits per heavy atom. The van der Waals surface area contributed by atoms with Crippen LogP contribution < -0.4 is 16.0 Å². The number of halogens is 1. The smallest absolute Gasteiger partial charge is 0.161 e. The quantitative estimate of drug-likeness (QED) is 0.771. The Hall–Kier alpha value is -3.15. The van der Waals surface area contributed by atoms with E-state index in [1.165, 1.54) is 18.0 Å². The van der Waals surface area contributed by atoms with Gasteiger partial charge in [0.1, 0.15) is 17.8 Å². The molecule has 0 bridgehead atoms. The van der Waals surface area contributed by atoms with Crippen LogP contribution in [0.15, 0.2) is 54.9 Å². The van der Waals surface area contributed by atoms with Gasteiger partial charge < -0.3 is 16.0 Å². The van der Waals surface area contributed by atoms with Gasteiger partial charge in [-0.3, -0.25) is 0 Å². The molecule has 4 rings (SSSR count). The van der Waals surface area contributed by atoms with Crippen LogP contribution in [0.5, 0.6) is 0 Å². The van der Waals surface area contributed by atoms with E-state index >= 15 is 0 Å². The molecule has 3 N–H and O–H groups in total. The fourth-order valence-corrected chi connectivity index (χ4v) is 2.95. The molecule has 1 aliphatic rings. The van der Waals surface area contributed by atoms with Crippen molar-refractivity contribution in [2.24, 2.45) is 0 Å². The van der Waals surface area contributed by atoms with E-state index in [2.05, 4.69) is 26.3 Å². The first-order chi connectivity index (χ1) is 11.7. The second kappa shape index (κ2) is 5.81. The molecule has 2 heterocycles. The van der Waals surface area contributed by atoms with E-state index in [1.54, 1.807) is 18.2 Å². The summed E-state index contributed by atoms with van der Waals surface area (Å²) in [6.45, 7) is 0.805. The predicted octanol–water partition coefficient (Wildman–Crippen LogP) is 3.64. The standard InChI is InChI=1S/C18H16FN5/c19-13-6-2-3-7-14(13)23-17-16(20)18(22-11-21-17)24-10-9-12-5-1-4-8-15(12)24/h1-8,11H,9-10,20H2,(H,21,22,23). The maximum Gasteiger partial charge on any atom is 0.161 e. The van der Waals surface area contributed by atoms with E-state index < -0.39 is 0 Å². The summed E-state index contributed by atoms with van der Waals surface area (Å²) in [6, 6.07) is 14.6. The molecule has 0 spiro atoms. The third kappa shape index (κ3) is 2.42. The molecule has 5 nitrogen and oxygen atoms in total. The van der Waals surface area contributed by atoms with Crippen LogP contribution in [0.3, 0.4) is 0 Å². The molecule has 0 saturated carbocycles. The molecule has 120 valence electrons. The molecule has 1 aromatic heterocycles. The Kier molecular flexibility index (Phi) is 3.49. The zero-order valence-electron chi connectivity index (χ0n) is 12.9. The van der Waals surface area contributed by atoms with Crippen molar-refractivity contribution < 1.29 is 4.39 Å². The van der Waals surface area contributed by atoms with Gasteiger partial charge in [0.15, 0.2) is 11.6 Å². The first-order valence-electron chi connectivity index (χ1n) is 7.71. The van der Waals surface area contributed by atoms with E-state index in [0.717, 1.165) is 18.7 Å². The van der Waals surface area contributed by atoms with Crippen molar-refractivity contribution in [3.63, 3.8) is 0 Å². The fraction of sp³-hybridized carbons (Fsp3) is 0.111. The Morgan fingerprint density at radius 3 is 2.71 bits per heavy atom. The predicted molar refractivity (Wildman–Crippen MR) is 93.3 cm³/mol. The number of para-hydroxylation sites is 2. The number of nitrogen functional groups attached to an aromatic ring is 1. The molecule has 2 aromatic carbocycles. The zero-order valence-corrected chi connectivity index (χ0v) is 12.9. The van der Waals surface area contributed by atoms with Crippen molar-refractivity contribution >= 4 is 28.7 Å². The summed E-state index contributed by atoms with van der Waals surface area (Å²) in [5.74, 6) is 0.673. The molecule has 0 aliphatic carbocycles. The lowest BCUT2D eigenvalue weighted by Crippen LogP contribution is -2.17. The lowest BCUT2D eigenvalue weighted by atomic mass is 10.2. The van der Waals surface area contributed by atoms with Crippen LogP contribution in [0, 0.1) is 5.82 Å². The first kappa shape index (κ1) is 14.4. The number of benzene rings is 2. The average molecular weight is 321 g/mol. The number of fused-ring (bicyclic) bond motifs is 1. The average Bonchev–Trinajstić information content (AvgIpc) is 3.03. The highest BCUT2D eigenvalue weighted by molar-refractivity contribution is 5.83. The molecule has 0 saturated heterocycles. The summed E-state index contributed by atoms with van der Waals surface area (Å²) < 4.78 is 13.8. The molecular formula is C18H16FN5. The van der Waals surface area contributed by atoms with Crippen molar-refractivity contribution in [2.45, 2.75) is 6.42 Å². The maximum absolute atomic E-state index is 13.8. The minimum atomic E-state index is -0.358. The second-order valence-corrected chi connectivity index (χ2v) is 5.59. The van der Waals surface area contributed by atoms with Crippen LogP contribution >= 0.6 is 0 Å². The van der Waals surface area contributed by atoms with Crippen LogP contribution in [-0.2, 0) is 6.42 Å². The number of hydrogen-bond acceptors (Lipinski definition) is 5. The molecule has 0 radical (unpaired) electrons. The van der Waals surface area contributed by atoms with Crippen molar-refractivity contribution in [1.82, 2.24) is 9.97 Å². The summed E-state index contributed by atoms with van der Waals surface area (Å²) in [6.07, 6.45) is 2.38. The van der Waals surface area contributed by atoms with Crippen LogP contribution in [0.4, 0.5) is 33.1 Å². The summed E-state index contributed by atoms with van der Waals surface area (Å²) in [4.78, 5) is 10.6. The molecule has 1 aliphatic heterocycles. The SMILES string of the molecule is Nc1c(Nc2ccccc2F)ncnc1N1CCc2ccccc21. The van der Waals surface area contributed by atoms with Crippen LogP contribution in [0.2, 0.25) is 0 Å². The number of hydrogen-bond donors (Lipinski definition) is 2. The largest absolute Gasteiger partial charge is 0.393 e. The number of aromatic nitrogens is 2. The third-order valence-electron chi connectivity index (χ3n) is 4.13. The highest BCUT2D eigenvalue weighted by Gasteiger charge is 2.24. The summed E-state index contributed by atoms with van der Waals surface area (Å²) >= 11 is 0. The molecule has 0 fully saturated rings. The van der Waals surface area contributed by atoms with E-state index in [1.807, 2.05) is 18.2 Å². The minimum absolute atomic E-state index is 0.329. The number of nitrogens with one attached hydrogen (secondary N) is 1. The molecule has 0 unspecified atom stereocenters. The van der Waals surface area contributed by atoms with Gasteiger partial charge in [0, 0.05) is 12.2 Å². The minimum Gasteiger partial charge on any atom is -0.393 e. The fourth-order valence-electron chi connectivity index (χ4n) is 2.95. The van der Waals surface area contributed by atoms with E-state index in [9.17, 15) is 4.39 Å². The highest BCUT2D eigenvalue weighted by Crippen LogP contribution is 2.38. The normalized spacial score (nSPS) is 13.0. The van der Waals surface area contributed by atoms with Crippen LogP contribution in [0.25, 0.3) is 0 Å². The van der Waals surface area contributed by atoms with Gasteiger partial charge in [0.05, 0.1) is 5.69 Å². The molecule has 0 amide bonds. The number of nitrogens with zero attached hydrogens (tertiary/aromatic N) is 3. The number of nitrogens with two attached hydrogens (primary N) is 1. The molecule has 6 heteroatoms. The molecule has 0 atom stereocenters. The van der Waals surface area contributed by atoms with Crippen LogP contribution in [0.1, 0.15) is 5.56 Å². The monoisotopic (exact) mass is 321 g/mol. The van der Waals surface area contributed by atoms with Crippen molar-refractivity contribution in [3.8, 4) is 0 Å². The van der Waals surface area contributed by atoms with Crippen molar-refractivity contribution in [1.29, 1.82) is 0 Å². The van der Waals surface area contributed by atoms with Crippen molar-refractivity contribution in [3.05, 3.63) is 66.2 Å².